The maximum Gasteiger partial charge on any atom is 0.0589 e. The highest BCUT2D eigenvalue weighted by Gasteiger charge is 2.32. The summed E-state index contributed by atoms with van der Waals surface area (Å²) in [6, 6.07) is 0.703. The lowest BCUT2D eigenvalue weighted by Gasteiger charge is -2.31. The molecular formula is C12H26N2O. The number of hydrogen-bond donors (Lipinski definition) is 1. The van der Waals surface area contributed by atoms with E-state index in [4.69, 9.17) is 10.5 Å². The molecule has 1 saturated carbocycles. The van der Waals surface area contributed by atoms with E-state index < -0.39 is 0 Å². The van der Waals surface area contributed by atoms with Crippen molar-refractivity contribution in [2.75, 3.05) is 33.4 Å². The Hall–Kier alpha value is -0.120. The van der Waals surface area contributed by atoms with Gasteiger partial charge in [-0.15, -0.1) is 0 Å². The normalized spacial score (nSPS) is 20.6. The Morgan fingerprint density at radius 2 is 2.07 bits per heavy atom. The van der Waals surface area contributed by atoms with Gasteiger partial charge in [0.15, 0.2) is 0 Å². The van der Waals surface area contributed by atoms with Gasteiger partial charge in [-0.25, -0.2) is 0 Å². The van der Waals surface area contributed by atoms with Crippen molar-refractivity contribution in [2.24, 2.45) is 17.6 Å². The Morgan fingerprint density at radius 3 is 2.53 bits per heavy atom. The Labute approximate surface area is 94.0 Å². The van der Waals surface area contributed by atoms with Crippen LogP contribution in [0.4, 0.5) is 0 Å². The molecule has 0 radical (unpaired) electrons. The fourth-order valence-electron chi connectivity index (χ4n) is 2.02. The second kappa shape index (κ2) is 6.46. The average Bonchev–Trinajstić information content (AvgIpc) is 3.06. The molecule has 2 unspecified atom stereocenters. The van der Waals surface area contributed by atoms with Gasteiger partial charge in [0.2, 0.25) is 0 Å². The first-order valence-electron chi connectivity index (χ1n) is 6.12. The predicted molar refractivity (Wildman–Crippen MR) is 63.9 cm³/mol. The minimum absolute atomic E-state index is 0.586. The molecule has 3 heteroatoms. The molecule has 0 amide bonds. The molecule has 1 rings (SSSR count). The standard InChI is InChI=1S/C12H26N2O/c1-10(8-13)9-14(6-7-15-3)11(2)12-4-5-12/h10-12H,4-9,13H2,1-3H3. The minimum atomic E-state index is 0.586. The van der Waals surface area contributed by atoms with Crippen LogP contribution in [0.15, 0.2) is 0 Å². The number of ether oxygens (including phenoxy) is 1. The summed E-state index contributed by atoms with van der Waals surface area (Å²) < 4.78 is 5.16. The third-order valence-corrected chi connectivity index (χ3v) is 3.41. The molecule has 2 atom stereocenters. The van der Waals surface area contributed by atoms with Gasteiger partial charge >= 0.3 is 0 Å². The van der Waals surface area contributed by atoms with Crippen molar-refractivity contribution in [1.29, 1.82) is 0 Å². The number of nitrogens with two attached hydrogens (primary N) is 1. The van der Waals surface area contributed by atoms with Crippen LogP contribution >= 0.6 is 0 Å². The zero-order valence-corrected chi connectivity index (χ0v) is 10.4. The first-order valence-corrected chi connectivity index (χ1v) is 6.12. The van der Waals surface area contributed by atoms with Crippen LogP contribution in [0.2, 0.25) is 0 Å². The van der Waals surface area contributed by atoms with Gasteiger partial charge in [0.05, 0.1) is 6.61 Å². The third-order valence-electron chi connectivity index (χ3n) is 3.41. The second-order valence-corrected chi connectivity index (χ2v) is 4.91. The Morgan fingerprint density at radius 1 is 1.40 bits per heavy atom. The van der Waals surface area contributed by atoms with Gasteiger partial charge in [-0.3, -0.25) is 4.90 Å². The SMILES string of the molecule is COCCN(CC(C)CN)C(C)C1CC1. The van der Waals surface area contributed by atoms with Crippen molar-refractivity contribution < 1.29 is 4.74 Å². The third kappa shape index (κ3) is 4.49. The predicted octanol–water partition coefficient (Wildman–Crippen LogP) is 1.33. The van der Waals surface area contributed by atoms with E-state index in [1.54, 1.807) is 7.11 Å². The molecule has 0 spiro atoms. The van der Waals surface area contributed by atoms with Crippen molar-refractivity contribution >= 4 is 0 Å². The molecule has 2 N–H and O–H groups in total. The summed E-state index contributed by atoms with van der Waals surface area (Å²) in [4.78, 5) is 2.54. The lowest BCUT2D eigenvalue weighted by Crippen LogP contribution is -2.41. The van der Waals surface area contributed by atoms with Crippen molar-refractivity contribution in [2.45, 2.75) is 32.7 Å². The van der Waals surface area contributed by atoms with Gasteiger partial charge < -0.3 is 10.5 Å². The van der Waals surface area contributed by atoms with Crippen molar-refractivity contribution in [3.8, 4) is 0 Å². The van der Waals surface area contributed by atoms with Gasteiger partial charge in [0, 0.05) is 26.2 Å². The van der Waals surface area contributed by atoms with Crippen LogP contribution in [0.5, 0.6) is 0 Å². The first kappa shape index (κ1) is 12.9. The molecule has 1 aliphatic rings. The van der Waals surface area contributed by atoms with Crippen LogP contribution in [-0.2, 0) is 4.74 Å². The number of methoxy groups -OCH3 is 1. The maximum absolute atomic E-state index is 5.68. The zero-order chi connectivity index (χ0) is 11.3. The lowest BCUT2D eigenvalue weighted by molar-refractivity contribution is 0.106. The van der Waals surface area contributed by atoms with E-state index in [0.29, 0.717) is 12.0 Å². The van der Waals surface area contributed by atoms with E-state index in [-0.39, 0.29) is 0 Å². The van der Waals surface area contributed by atoms with Crippen LogP contribution < -0.4 is 5.73 Å². The zero-order valence-electron chi connectivity index (χ0n) is 10.4. The van der Waals surface area contributed by atoms with Crippen LogP contribution in [0.25, 0.3) is 0 Å². The summed E-state index contributed by atoms with van der Waals surface area (Å²) in [5.41, 5.74) is 5.68. The molecule has 1 fully saturated rings. The van der Waals surface area contributed by atoms with Crippen LogP contribution in [-0.4, -0.2) is 44.3 Å². The molecule has 3 nitrogen and oxygen atoms in total. The van der Waals surface area contributed by atoms with Crippen LogP contribution in [0, 0.1) is 11.8 Å². The summed E-state index contributed by atoms with van der Waals surface area (Å²) >= 11 is 0. The fraction of sp³-hybridized carbons (Fsp3) is 1.00. The van der Waals surface area contributed by atoms with Crippen LogP contribution in [0.3, 0.4) is 0 Å². The molecule has 0 bridgehead atoms. The van der Waals surface area contributed by atoms with E-state index in [1.807, 2.05) is 0 Å². The highest BCUT2D eigenvalue weighted by atomic mass is 16.5. The molecule has 0 aromatic rings. The molecule has 1 aliphatic carbocycles. The topological polar surface area (TPSA) is 38.5 Å². The smallest absolute Gasteiger partial charge is 0.0589 e. The molecule has 0 aliphatic heterocycles. The van der Waals surface area contributed by atoms with Crippen LogP contribution in [0.1, 0.15) is 26.7 Å². The highest BCUT2D eigenvalue weighted by Crippen LogP contribution is 2.35. The van der Waals surface area contributed by atoms with E-state index in [2.05, 4.69) is 18.7 Å². The molecule has 0 aromatic carbocycles. The average molecular weight is 214 g/mol. The summed E-state index contributed by atoms with van der Waals surface area (Å²) in [5, 5.41) is 0. The Kier molecular flexibility index (Phi) is 5.58. The van der Waals surface area contributed by atoms with Gasteiger partial charge in [0.25, 0.3) is 0 Å². The molecule has 0 heterocycles. The number of hydrogen-bond acceptors (Lipinski definition) is 3. The van der Waals surface area contributed by atoms with Gasteiger partial charge in [-0.05, 0) is 38.1 Å². The fourth-order valence-corrected chi connectivity index (χ4v) is 2.02. The van der Waals surface area contributed by atoms with Gasteiger partial charge in [-0.1, -0.05) is 6.92 Å². The molecule has 0 saturated heterocycles. The van der Waals surface area contributed by atoms with E-state index in [0.717, 1.165) is 32.2 Å². The van der Waals surface area contributed by atoms with Crippen molar-refractivity contribution in [1.82, 2.24) is 4.90 Å². The molecule has 15 heavy (non-hydrogen) atoms. The lowest BCUT2D eigenvalue weighted by atomic mass is 10.1. The quantitative estimate of drug-likeness (QED) is 0.662. The van der Waals surface area contributed by atoms with Crippen molar-refractivity contribution in [3.05, 3.63) is 0 Å². The highest BCUT2D eigenvalue weighted by molar-refractivity contribution is 4.85. The van der Waals surface area contributed by atoms with E-state index >= 15 is 0 Å². The Bertz CT molecular complexity index is 171. The monoisotopic (exact) mass is 214 g/mol. The van der Waals surface area contributed by atoms with Crippen molar-refractivity contribution in [3.63, 3.8) is 0 Å². The van der Waals surface area contributed by atoms with Gasteiger partial charge in [-0.2, -0.15) is 0 Å². The van der Waals surface area contributed by atoms with E-state index in [1.165, 1.54) is 12.8 Å². The number of rotatable bonds is 8. The number of nitrogens with zero attached hydrogens (tertiary/aromatic N) is 1. The maximum atomic E-state index is 5.68. The molecule has 0 aromatic heterocycles. The van der Waals surface area contributed by atoms with E-state index in [9.17, 15) is 0 Å². The second-order valence-electron chi connectivity index (χ2n) is 4.91. The van der Waals surface area contributed by atoms with Gasteiger partial charge in [0.1, 0.15) is 0 Å². The summed E-state index contributed by atoms with van der Waals surface area (Å²) in [6.07, 6.45) is 2.81. The molecular weight excluding hydrogens is 188 g/mol. The summed E-state index contributed by atoms with van der Waals surface area (Å²) in [6.45, 7) is 8.32. The molecule has 90 valence electrons. The first-order chi connectivity index (χ1) is 7.19. The Balaban J connectivity index is 2.36. The minimum Gasteiger partial charge on any atom is -0.383 e. The summed E-state index contributed by atoms with van der Waals surface area (Å²) in [7, 11) is 1.77. The largest absolute Gasteiger partial charge is 0.383 e. The summed E-state index contributed by atoms with van der Waals surface area (Å²) in [5.74, 6) is 1.51.